The lowest BCUT2D eigenvalue weighted by Crippen LogP contribution is -2.33. The van der Waals surface area contributed by atoms with Crippen molar-refractivity contribution in [1.82, 2.24) is 19.9 Å². The fourth-order valence-electron chi connectivity index (χ4n) is 3.95. The second-order valence-corrected chi connectivity index (χ2v) is 8.25. The van der Waals surface area contributed by atoms with Crippen LogP contribution in [0, 0.1) is 6.92 Å². The first-order valence-electron chi connectivity index (χ1n) is 11.5. The van der Waals surface area contributed by atoms with Crippen LogP contribution < -0.4 is 5.56 Å². The van der Waals surface area contributed by atoms with Crippen molar-refractivity contribution < 1.29 is 4.79 Å². The van der Waals surface area contributed by atoms with Gasteiger partial charge in [0.2, 0.25) is 5.91 Å². The van der Waals surface area contributed by atoms with E-state index < -0.39 is 0 Å². The molecule has 0 aliphatic heterocycles. The van der Waals surface area contributed by atoms with Crippen LogP contribution in [0.2, 0.25) is 0 Å². The second-order valence-electron chi connectivity index (χ2n) is 8.25. The van der Waals surface area contributed by atoms with Crippen LogP contribution in [0.4, 0.5) is 0 Å². The summed E-state index contributed by atoms with van der Waals surface area (Å²) < 4.78 is 0. The van der Waals surface area contributed by atoms with E-state index in [-0.39, 0.29) is 17.9 Å². The Kier molecular flexibility index (Phi) is 7.60. The van der Waals surface area contributed by atoms with E-state index in [1.807, 2.05) is 60.4 Å². The maximum Gasteiger partial charge on any atom is 0.254 e. The Bertz CT molecular complexity index is 1270. The number of benzene rings is 2. The van der Waals surface area contributed by atoms with Crippen molar-refractivity contribution in [3.05, 3.63) is 118 Å². The molecule has 0 atom stereocenters. The van der Waals surface area contributed by atoms with Gasteiger partial charge in [-0.2, -0.15) is 0 Å². The number of aryl methyl sites for hydroxylation is 1. The van der Waals surface area contributed by atoms with Crippen molar-refractivity contribution in [3.63, 3.8) is 0 Å². The smallest absolute Gasteiger partial charge is 0.254 e. The molecule has 6 heteroatoms. The molecule has 0 spiro atoms. The second kappa shape index (κ2) is 11.2. The number of carbonyl (C=O) groups excluding carboxylic acids is 1. The lowest BCUT2D eigenvalue weighted by Gasteiger charge is -2.23. The number of hydrogen-bond acceptors (Lipinski definition) is 4. The fourth-order valence-corrected chi connectivity index (χ4v) is 3.95. The topological polar surface area (TPSA) is 79.0 Å². The van der Waals surface area contributed by atoms with Gasteiger partial charge in [-0.15, -0.1) is 0 Å². The minimum Gasteiger partial charge on any atom is -0.338 e. The average Bonchev–Trinajstić information content (AvgIpc) is 2.87. The zero-order chi connectivity index (χ0) is 23.8. The molecule has 0 saturated heterocycles. The molecule has 2 aromatic heterocycles. The predicted molar refractivity (Wildman–Crippen MR) is 133 cm³/mol. The van der Waals surface area contributed by atoms with Crippen molar-refractivity contribution in [2.75, 3.05) is 6.54 Å². The number of amides is 1. The van der Waals surface area contributed by atoms with Gasteiger partial charge in [0, 0.05) is 48.7 Å². The highest BCUT2D eigenvalue weighted by molar-refractivity contribution is 5.76. The summed E-state index contributed by atoms with van der Waals surface area (Å²) in [6.45, 7) is 2.98. The molecule has 34 heavy (non-hydrogen) atoms. The Labute approximate surface area is 199 Å². The number of aromatic amines is 1. The zero-order valence-corrected chi connectivity index (χ0v) is 19.3. The van der Waals surface area contributed by atoms with E-state index in [1.54, 1.807) is 24.5 Å². The summed E-state index contributed by atoms with van der Waals surface area (Å²) in [6, 6.07) is 23.7. The van der Waals surface area contributed by atoms with Gasteiger partial charge < -0.3 is 9.88 Å². The summed E-state index contributed by atoms with van der Waals surface area (Å²) in [7, 11) is 0. The third-order valence-electron chi connectivity index (χ3n) is 5.85. The lowest BCUT2D eigenvalue weighted by atomic mass is 10.1. The van der Waals surface area contributed by atoms with Crippen molar-refractivity contribution in [2.45, 2.75) is 32.7 Å². The number of pyridine rings is 1. The fraction of sp³-hybridized carbons (Fsp3) is 0.214. The van der Waals surface area contributed by atoms with Gasteiger partial charge in [-0.3, -0.25) is 14.6 Å². The molecule has 172 valence electrons. The first-order chi connectivity index (χ1) is 16.6. The van der Waals surface area contributed by atoms with Crippen LogP contribution in [0.5, 0.6) is 0 Å². The van der Waals surface area contributed by atoms with Gasteiger partial charge >= 0.3 is 0 Å². The Hall–Kier alpha value is -4.06. The number of H-pyrrole nitrogens is 1. The number of nitrogens with one attached hydrogen (secondary N) is 1. The van der Waals surface area contributed by atoms with E-state index in [0.717, 1.165) is 17.5 Å². The molecule has 0 saturated carbocycles. The molecule has 0 fully saturated rings. The van der Waals surface area contributed by atoms with Gasteiger partial charge in [0.1, 0.15) is 5.82 Å². The quantitative estimate of drug-likeness (QED) is 0.410. The average molecular weight is 453 g/mol. The molecule has 2 heterocycles. The standard InChI is InChI=1S/C28H28N4O2/c1-21-25(28(34)31-27(30-21)24-14-17-29-18-15-24)12-13-26(33)32(20-23-10-6-3-7-11-23)19-16-22-8-4-2-5-9-22/h2-11,14-15,17-18H,12-13,16,19-20H2,1H3,(H,30,31,34). The molecule has 0 bridgehead atoms. The molecule has 6 nitrogen and oxygen atoms in total. The minimum absolute atomic E-state index is 0.0248. The van der Waals surface area contributed by atoms with Crippen molar-refractivity contribution in [1.29, 1.82) is 0 Å². The molecule has 4 aromatic rings. The Morgan fingerprint density at radius 3 is 2.18 bits per heavy atom. The molecule has 4 rings (SSSR count). The van der Waals surface area contributed by atoms with Crippen LogP contribution in [-0.2, 0) is 24.2 Å². The number of aromatic nitrogens is 3. The van der Waals surface area contributed by atoms with Gasteiger partial charge in [0.05, 0.1) is 0 Å². The zero-order valence-electron chi connectivity index (χ0n) is 19.3. The molecule has 0 aliphatic rings. The van der Waals surface area contributed by atoms with Crippen LogP contribution in [0.15, 0.2) is 90.0 Å². The third kappa shape index (κ3) is 6.04. The molecule has 0 radical (unpaired) electrons. The summed E-state index contributed by atoms with van der Waals surface area (Å²) in [5, 5.41) is 0. The molecular weight excluding hydrogens is 424 g/mol. The number of rotatable bonds is 9. The molecular formula is C28H28N4O2. The summed E-state index contributed by atoms with van der Waals surface area (Å²) in [5.74, 6) is 0.533. The summed E-state index contributed by atoms with van der Waals surface area (Å²) in [5.41, 5.74) is 4.06. The molecule has 0 aliphatic carbocycles. The molecule has 0 unspecified atom stereocenters. The number of carbonyl (C=O) groups is 1. The predicted octanol–water partition coefficient (Wildman–Crippen LogP) is 4.34. The van der Waals surface area contributed by atoms with Crippen LogP contribution >= 0.6 is 0 Å². The van der Waals surface area contributed by atoms with Crippen molar-refractivity contribution >= 4 is 5.91 Å². The highest BCUT2D eigenvalue weighted by Crippen LogP contribution is 2.15. The third-order valence-corrected chi connectivity index (χ3v) is 5.85. The van der Waals surface area contributed by atoms with Crippen LogP contribution in [-0.4, -0.2) is 32.3 Å². The first-order valence-corrected chi connectivity index (χ1v) is 11.5. The van der Waals surface area contributed by atoms with Gasteiger partial charge in [0.15, 0.2) is 0 Å². The van der Waals surface area contributed by atoms with Crippen LogP contribution in [0.1, 0.15) is 28.8 Å². The van der Waals surface area contributed by atoms with Crippen LogP contribution in [0.3, 0.4) is 0 Å². The molecule has 2 aromatic carbocycles. The summed E-state index contributed by atoms with van der Waals surface area (Å²) >= 11 is 0. The molecule has 1 amide bonds. The maximum atomic E-state index is 13.2. The Morgan fingerprint density at radius 2 is 1.53 bits per heavy atom. The van der Waals surface area contributed by atoms with Crippen LogP contribution in [0.25, 0.3) is 11.4 Å². The van der Waals surface area contributed by atoms with E-state index in [1.165, 1.54) is 5.56 Å². The highest BCUT2D eigenvalue weighted by Gasteiger charge is 2.17. The Morgan fingerprint density at radius 1 is 0.882 bits per heavy atom. The maximum absolute atomic E-state index is 13.2. The largest absolute Gasteiger partial charge is 0.338 e. The lowest BCUT2D eigenvalue weighted by molar-refractivity contribution is -0.131. The summed E-state index contributed by atoms with van der Waals surface area (Å²) in [4.78, 5) is 39.3. The normalized spacial score (nSPS) is 10.7. The van der Waals surface area contributed by atoms with E-state index >= 15 is 0 Å². The minimum atomic E-state index is -0.203. The Balaban J connectivity index is 1.47. The first kappa shape index (κ1) is 23.1. The van der Waals surface area contributed by atoms with E-state index in [4.69, 9.17) is 0 Å². The molecule has 1 N–H and O–H groups in total. The van der Waals surface area contributed by atoms with Gasteiger partial charge in [0.25, 0.3) is 5.56 Å². The van der Waals surface area contributed by atoms with E-state index in [0.29, 0.717) is 36.6 Å². The SMILES string of the molecule is Cc1nc(-c2ccncc2)[nH]c(=O)c1CCC(=O)N(CCc1ccccc1)Cc1ccccc1. The summed E-state index contributed by atoms with van der Waals surface area (Å²) in [6.07, 6.45) is 4.70. The van der Waals surface area contributed by atoms with Gasteiger partial charge in [-0.1, -0.05) is 60.7 Å². The monoisotopic (exact) mass is 452 g/mol. The highest BCUT2D eigenvalue weighted by atomic mass is 16.2. The van der Waals surface area contributed by atoms with E-state index in [2.05, 4.69) is 27.1 Å². The van der Waals surface area contributed by atoms with Crippen molar-refractivity contribution in [2.24, 2.45) is 0 Å². The van der Waals surface area contributed by atoms with E-state index in [9.17, 15) is 9.59 Å². The van der Waals surface area contributed by atoms with Gasteiger partial charge in [-0.25, -0.2) is 4.98 Å². The van der Waals surface area contributed by atoms with Crippen molar-refractivity contribution in [3.8, 4) is 11.4 Å². The number of nitrogens with zero attached hydrogens (tertiary/aromatic N) is 3. The number of hydrogen-bond donors (Lipinski definition) is 1. The van der Waals surface area contributed by atoms with Gasteiger partial charge in [-0.05, 0) is 43.0 Å².